The van der Waals surface area contributed by atoms with Gasteiger partial charge in [-0.2, -0.15) is 18.3 Å². The van der Waals surface area contributed by atoms with E-state index in [0.29, 0.717) is 17.3 Å². The number of carboxylic acids is 1. The highest BCUT2D eigenvalue weighted by Crippen LogP contribution is 2.40. The summed E-state index contributed by atoms with van der Waals surface area (Å²) in [7, 11) is 0. The van der Waals surface area contributed by atoms with E-state index in [1.54, 1.807) is 17.6 Å². The van der Waals surface area contributed by atoms with Gasteiger partial charge in [0.05, 0.1) is 23.6 Å². The quantitative estimate of drug-likeness (QED) is 0.473. The number of aliphatic carboxylic acids is 1. The van der Waals surface area contributed by atoms with Crippen LogP contribution in [0, 0.1) is 11.3 Å². The Morgan fingerprint density at radius 1 is 1.28 bits per heavy atom. The van der Waals surface area contributed by atoms with Crippen LogP contribution in [0.3, 0.4) is 0 Å². The van der Waals surface area contributed by atoms with Crippen molar-refractivity contribution < 1.29 is 27.9 Å². The van der Waals surface area contributed by atoms with Crippen molar-refractivity contribution in [3.63, 3.8) is 0 Å². The molecule has 2 aliphatic rings. The fraction of sp³-hybridized carbons (Fsp3) is 0.619. The van der Waals surface area contributed by atoms with E-state index in [0.717, 1.165) is 25.7 Å². The molecule has 11 heteroatoms. The number of nitrogens with zero attached hydrogens (tertiary/aromatic N) is 3. The summed E-state index contributed by atoms with van der Waals surface area (Å²) < 4.78 is 40.7. The molecular weight excluding hydrogens is 427 g/mol. The average Bonchev–Trinajstić information content (AvgIpc) is 3.18. The largest absolute Gasteiger partial charge is 0.480 e. The van der Waals surface area contributed by atoms with E-state index in [9.17, 15) is 27.9 Å². The second-order valence-corrected chi connectivity index (χ2v) is 8.91. The molecule has 8 nitrogen and oxygen atoms in total. The number of carbonyl (C=O) groups is 2. The molecule has 32 heavy (non-hydrogen) atoms. The van der Waals surface area contributed by atoms with Crippen molar-refractivity contribution >= 4 is 17.5 Å². The number of hydrogen-bond donors (Lipinski definition) is 3. The Morgan fingerprint density at radius 3 is 2.56 bits per heavy atom. The Morgan fingerprint density at radius 2 is 1.97 bits per heavy atom. The van der Waals surface area contributed by atoms with Gasteiger partial charge in [-0.05, 0) is 30.9 Å². The molecule has 174 valence electrons. The van der Waals surface area contributed by atoms with Crippen LogP contribution in [0.15, 0.2) is 18.3 Å². The maximum atomic E-state index is 13.1. The predicted octanol–water partition coefficient (Wildman–Crippen LogP) is 2.76. The lowest BCUT2D eigenvalue weighted by Crippen LogP contribution is -2.41. The van der Waals surface area contributed by atoms with E-state index >= 15 is 0 Å². The number of amides is 1. The zero-order valence-corrected chi connectivity index (χ0v) is 17.4. The summed E-state index contributed by atoms with van der Waals surface area (Å²) in [6, 6.07) is 0.640. The van der Waals surface area contributed by atoms with Gasteiger partial charge in [-0.15, -0.1) is 0 Å². The number of halogens is 3. The highest BCUT2D eigenvalue weighted by molar-refractivity contribution is 6.04. The number of carbonyl (C=O) groups excluding carboxylic acids is 1. The fourth-order valence-electron chi connectivity index (χ4n) is 4.81. The molecule has 3 heterocycles. The monoisotopic (exact) mass is 453 g/mol. The second kappa shape index (κ2) is 8.34. The van der Waals surface area contributed by atoms with Crippen molar-refractivity contribution in [1.82, 2.24) is 19.9 Å². The zero-order chi connectivity index (χ0) is 23.1. The molecule has 2 aromatic heterocycles. The number of carboxylic acid groups (broad SMARTS) is 1. The molecule has 0 aromatic carbocycles. The first-order valence-electron chi connectivity index (χ1n) is 10.8. The first kappa shape index (κ1) is 22.5. The van der Waals surface area contributed by atoms with Gasteiger partial charge in [0.25, 0.3) is 0 Å². The molecule has 1 amide bonds. The first-order valence-corrected chi connectivity index (χ1v) is 10.8. The van der Waals surface area contributed by atoms with Gasteiger partial charge in [0.15, 0.2) is 11.1 Å². The molecule has 4 N–H and O–H groups in total. The Balaban J connectivity index is 1.58. The highest BCUT2D eigenvalue weighted by Gasteiger charge is 2.59. The van der Waals surface area contributed by atoms with Gasteiger partial charge in [0, 0.05) is 12.8 Å². The number of nitrogens with one attached hydrogen (secondary N) is 1. The molecule has 1 aliphatic heterocycles. The minimum Gasteiger partial charge on any atom is -0.480 e. The maximum absolute atomic E-state index is 13.1. The van der Waals surface area contributed by atoms with Gasteiger partial charge < -0.3 is 16.2 Å². The minimum absolute atomic E-state index is 0.185. The second-order valence-electron chi connectivity index (χ2n) is 8.91. The Bertz CT molecular complexity index is 1020. The van der Waals surface area contributed by atoms with E-state index in [4.69, 9.17) is 5.73 Å². The number of imidazole rings is 1. The van der Waals surface area contributed by atoms with Crippen LogP contribution in [0.4, 0.5) is 13.2 Å². The lowest BCUT2D eigenvalue weighted by Gasteiger charge is -2.21. The number of alkyl halides is 3. The molecule has 3 atom stereocenters. The first-order chi connectivity index (χ1) is 15.1. The molecule has 0 radical (unpaired) electrons. The van der Waals surface area contributed by atoms with Crippen molar-refractivity contribution in [2.45, 2.75) is 69.6 Å². The number of aromatic nitrogens is 3. The predicted molar refractivity (Wildman–Crippen MR) is 107 cm³/mol. The van der Waals surface area contributed by atoms with Gasteiger partial charge in [-0.3, -0.25) is 9.59 Å². The summed E-state index contributed by atoms with van der Waals surface area (Å²) in [5.41, 5.74) is 5.59. The van der Waals surface area contributed by atoms with Gasteiger partial charge >= 0.3 is 12.1 Å². The van der Waals surface area contributed by atoms with Crippen molar-refractivity contribution in [3.8, 4) is 0 Å². The lowest BCUT2D eigenvalue weighted by atomic mass is 9.80. The van der Waals surface area contributed by atoms with E-state index in [1.807, 2.05) is 0 Å². The van der Waals surface area contributed by atoms with Gasteiger partial charge in [-0.25, -0.2) is 9.50 Å². The van der Waals surface area contributed by atoms with E-state index in [-0.39, 0.29) is 11.7 Å². The van der Waals surface area contributed by atoms with Crippen LogP contribution in [0.25, 0.3) is 5.65 Å². The van der Waals surface area contributed by atoms with Gasteiger partial charge in [-0.1, -0.05) is 25.7 Å². The van der Waals surface area contributed by atoms with Crippen LogP contribution in [-0.4, -0.2) is 43.8 Å². The summed E-state index contributed by atoms with van der Waals surface area (Å²) in [6.07, 6.45) is 2.34. The standard InChI is InChI=1S/C21H26F3N5O3/c22-21(23,24)15-10-20(19(31)32,18(30)27-15)9-13-7-8-16-26-14(11-29(16)28-13)17(25)12-5-3-1-2-4-6-12/h7-8,11-12,15,17H,1-6,9-10,25H2,(H,27,30)(H,31,32)/t15-,17?,20?/m0/s1. The molecule has 1 saturated carbocycles. The topological polar surface area (TPSA) is 123 Å². The molecule has 4 rings (SSSR count). The maximum Gasteiger partial charge on any atom is 0.408 e. The van der Waals surface area contributed by atoms with Crippen LogP contribution in [0.5, 0.6) is 0 Å². The summed E-state index contributed by atoms with van der Waals surface area (Å²) in [6.45, 7) is 0. The molecule has 1 saturated heterocycles. The fourth-order valence-corrected chi connectivity index (χ4v) is 4.81. The number of rotatable bonds is 5. The summed E-state index contributed by atoms with van der Waals surface area (Å²) >= 11 is 0. The highest BCUT2D eigenvalue weighted by atomic mass is 19.4. The molecule has 1 aliphatic carbocycles. The van der Waals surface area contributed by atoms with Crippen molar-refractivity contribution in [2.24, 2.45) is 17.1 Å². The Labute approximate surface area is 182 Å². The van der Waals surface area contributed by atoms with Crippen LogP contribution in [0.1, 0.15) is 62.4 Å². The smallest absolute Gasteiger partial charge is 0.408 e. The Kier molecular flexibility index (Phi) is 5.87. The summed E-state index contributed by atoms with van der Waals surface area (Å²) in [5.74, 6) is -2.44. The Hall–Kier alpha value is -2.69. The minimum atomic E-state index is -4.72. The third-order valence-corrected chi connectivity index (χ3v) is 6.72. The zero-order valence-electron chi connectivity index (χ0n) is 17.4. The van der Waals surface area contributed by atoms with Crippen LogP contribution in [0.2, 0.25) is 0 Å². The molecule has 0 spiro atoms. The normalized spacial score (nSPS) is 26.1. The molecule has 2 aromatic rings. The van der Waals surface area contributed by atoms with E-state index < -0.39 is 42.4 Å². The van der Waals surface area contributed by atoms with Crippen molar-refractivity contribution in [2.75, 3.05) is 0 Å². The van der Waals surface area contributed by atoms with Crippen LogP contribution in [-0.2, 0) is 16.0 Å². The number of fused-ring (bicyclic) bond motifs is 1. The third kappa shape index (κ3) is 4.17. The molecular formula is C21H26F3N5O3. The van der Waals surface area contributed by atoms with Gasteiger partial charge in [0.1, 0.15) is 6.04 Å². The van der Waals surface area contributed by atoms with Crippen LogP contribution < -0.4 is 11.1 Å². The average molecular weight is 453 g/mol. The van der Waals surface area contributed by atoms with Gasteiger partial charge in [0.2, 0.25) is 5.91 Å². The lowest BCUT2D eigenvalue weighted by molar-refractivity contribution is -0.158. The van der Waals surface area contributed by atoms with Crippen LogP contribution >= 0.6 is 0 Å². The summed E-state index contributed by atoms with van der Waals surface area (Å²) in [5, 5.41) is 15.7. The molecule has 2 unspecified atom stereocenters. The molecule has 0 bridgehead atoms. The van der Waals surface area contributed by atoms with Crippen molar-refractivity contribution in [1.29, 1.82) is 0 Å². The summed E-state index contributed by atoms with van der Waals surface area (Å²) in [4.78, 5) is 28.7. The number of nitrogens with two attached hydrogens (primary N) is 1. The van der Waals surface area contributed by atoms with Crippen molar-refractivity contribution in [3.05, 3.63) is 29.7 Å². The number of hydrogen-bond acceptors (Lipinski definition) is 5. The SMILES string of the molecule is NC(c1cn2nc(CC3(C(=O)O)C[C@@H](C(F)(F)F)NC3=O)ccc2n1)C1CCCCCC1. The van der Waals surface area contributed by atoms with E-state index in [1.165, 1.54) is 23.4 Å². The molecule has 2 fully saturated rings. The third-order valence-electron chi connectivity index (χ3n) is 6.72. The van der Waals surface area contributed by atoms with E-state index in [2.05, 4.69) is 10.1 Å².